The molecule has 0 aromatic carbocycles. The quantitative estimate of drug-likeness (QED) is 0.485. The largest absolute Gasteiger partial charge is 0.481 e. The van der Waals surface area contributed by atoms with Gasteiger partial charge in [0.15, 0.2) is 0 Å². The summed E-state index contributed by atoms with van der Waals surface area (Å²) in [5, 5.41) is 31.5. The Morgan fingerprint density at radius 1 is 0.700 bits per heavy atom. The maximum atomic E-state index is 9.90. The molecule has 0 aliphatic carbocycles. The molecule has 6 heteroatoms. The van der Waals surface area contributed by atoms with E-state index in [1.54, 1.807) is 0 Å². The average Bonchev–Trinajstić information content (AvgIpc) is 2.42. The Hall–Kier alpha value is -1.14. The smallest absolute Gasteiger partial charge is 0.303 e. The van der Waals surface area contributed by atoms with Crippen molar-refractivity contribution in [2.24, 2.45) is 0 Å². The molecule has 0 aromatic rings. The van der Waals surface area contributed by atoms with E-state index in [0.717, 1.165) is 0 Å². The monoisotopic (exact) mass is 294 g/mol. The van der Waals surface area contributed by atoms with E-state index in [1.165, 1.54) is 25.7 Å². The molecule has 0 spiro atoms. The second-order valence-corrected chi connectivity index (χ2v) is 4.15. The van der Waals surface area contributed by atoms with E-state index in [-0.39, 0.29) is 26.1 Å². The highest BCUT2D eigenvalue weighted by Gasteiger charge is 1.99. The summed E-state index contributed by atoms with van der Waals surface area (Å²) >= 11 is 0. The van der Waals surface area contributed by atoms with E-state index >= 15 is 0 Å². The summed E-state index contributed by atoms with van der Waals surface area (Å²) in [5.74, 6) is -1.74. The van der Waals surface area contributed by atoms with Gasteiger partial charge in [0.1, 0.15) is 0 Å². The Morgan fingerprint density at radius 2 is 1.00 bits per heavy atom. The molecule has 0 amide bonds. The van der Waals surface area contributed by atoms with Gasteiger partial charge in [-0.05, 0) is 12.8 Å². The fourth-order valence-electron chi connectivity index (χ4n) is 1.05. The number of hydrogen-bond donors (Lipinski definition) is 4. The van der Waals surface area contributed by atoms with Gasteiger partial charge in [-0.2, -0.15) is 0 Å². The summed E-state index contributed by atoms with van der Waals surface area (Å²) < 4.78 is 0. The van der Waals surface area contributed by atoms with Crippen LogP contribution >= 0.6 is 0 Å². The topological polar surface area (TPSA) is 115 Å². The van der Waals surface area contributed by atoms with E-state index < -0.39 is 11.9 Å². The Bertz CT molecular complexity index is 184. The number of aliphatic carboxylic acids is 2. The maximum absolute atomic E-state index is 9.90. The molecule has 0 aromatic heterocycles. The minimum Gasteiger partial charge on any atom is -0.481 e. The highest BCUT2D eigenvalue weighted by molar-refractivity contribution is 5.67. The molecule has 4 N–H and O–H groups in total. The lowest BCUT2D eigenvalue weighted by Crippen LogP contribution is -1.97. The number of unbranched alkanes of at least 4 members (excludes halogenated alkanes) is 4. The van der Waals surface area contributed by atoms with Gasteiger partial charge < -0.3 is 20.4 Å². The first kappa shape index (κ1) is 23.9. The van der Waals surface area contributed by atoms with E-state index in [9.17, 15) is 9.59 Å². The lowest BCUT2D eigenvalue weighted by Gasteiger charge is -1.92. The first-order valence-electron chi connectivity index (χ1n) is 7.11. The molecule has 0 unspecified atom stereocenters. The zero-order valence-corrected chi connectivity index (χ0v) is 12.7. The average molecular weight is 294 g/mol. The van der Waals surface area contributed by atoms with Crippen molar-refractivity contribution in [1.82, 2.24) is 0 Å². The van der Waals surface area contributed by atoms with Gasteiger partial charge in [-0.15, -0.1) is 0 Å². The predicted molar refractivity (Wildman–Crippen MR) is 77.7 cm³/mol. The molecule has 122 valence electrons. The molecule has 0 atom stereocenters. The minimum absolute atomic E-state index is 0.0628. The van der Waals surface area contributed by atoms with Gasteiger partial charge in [-0.25, -0.2) is 0 Å². The van der Waals surface area contributed by atoms with Crippen LogP contribution in [-0.2, 0) is 9.59 Å². The fraction of sp³-hybridized carbons (Fsp3) is 0.857. The molecule has 0 rings (SSSR count). The molecule has 0 radical (unpaired) electrons. The first-order chi connectivity index (χ1) is 9.45. The number of carbonyl (C=O) groups is 2. The number of hydrogen-bond acceptors (Lipinski definition) is 4. The molecule has 0 heterocycles. The van der Waals surface area contributed by atoms with Crippen molar-refractivity contribution in [1.29, 1.82) is 0 Å². The molecule has 6 nitrogen and oxygen atoms in total. The summed E-state index contributed by atoms with van der Waals surface area (Å²) in [6, 6.07) is 0. The SMILES string of the molecule is CCCCCC.O=C(O)CCCCC(=O)O.OCCO. The van der Waals surface area contributed by atoms with Crippen molar-refractivity contribution in [3.63, 3.8) is 0 Å². The van der Waals surface area contributed by atoms with Crippen LogP contribution in [0.3, 0.4) is 0 Å². The van der Waals surface area contributed by atoms with Crippen molar-refractivity contribution in [2.45, 2.75) is 65.2 Å². The van der Waals surface area contributed by atoms with Gasteiger partial charge in [0.05, 0.1) is 13.2 Å². The van der Waals surface area contributed by atoms with Crippen molar-refractivity contribution < 1.29 is 30.0 Å². The van der Waals surface area contributed by atoms with Crippen LogP contribution in [0.4, 0.5) is 0 Å². The Morgan fingerprint density at radius 3 is 1.15 bits per heavy atom. The predicted octanol–water partition coefficient (Wildman–Crippen LogP) is 2.27. The maximum Gasteiger partial charge on any atom is 0.303 e. The van der Waals surface area contributed by atoms with Gasteiger partial charge in [0.25, 0.3) is 0 Å². The molecule has 0 saturated heterocycles. The van der Waals surface area contributed by atoms with Gasteiger partial charge in [0.2, 0.25) is 0 Å². The Balaban J connectivity index is -0.000000246. The standard InChI is InChI=1S/C6H10O4.C6H14.C2H6O2/c7-5(8)3-1-2-4-6(9)10;1-3-5-6-4-2;3-1-2-4/h1-4H2,(H,7,8)(H,9,10);3-6H2,1-2H3;3-4H,1-2H2. The van der Waals surface area contributed by atoms with Crippen LogP contribution in [-0.4, -0.2) is 45.6 Å². The molecule has 0 fully saturated rings. The van der Waals surface area contributed by atoms with Crippen LogP contribution in [0.5, 0.6) is 0 Å². The van der Waals surface area contributed by atoms with Crippen molar-refractivity contribution in [3.8, 4) is 0 Å². The zero-order chi connectivity index (χ0) is 16.2. The highest BCUT2D eigenvalue weighted by atomic mass is 16.4. The van der Waals surface area contributed by atoms with Gasteiger partial charge >= 0.3 is 11.9 Å². The molecule has 0 aliphatic heterocycles. The van der Waals surface area contributed by atoms with Crippen molar-refractivity contribution in [3.05, 3.63) is 0 Å². The van der Waals surface area contributed by atoms with E-state index in [2.05, 4.69) is 13.8 Å². The van der Waals surface area contributed by atoms with Gasteiger partial charge in [-0.1, -0.05) is 39.5 Å². The van der Waals surface area contributed by atoms with Gasteiger partial charge in [-0.3, -0.25) is 9.59 Å². The van der Waals surface area contributed by atoms with Gasteiger partial charge in [0, 0.05) is 12.8 Å². The molecular weight excluding hydrogens is 264 g/mol. The van der Waals surface area contributed by atoms with Crippen LogP contribution in [0.2, 0.25) is 0 Å². The van der Waals surface area contributed by atoms with Crippen molar-refractivity contribution >= 4 is 11.9 Å². The molecule has 20 heavy (non-hydrogen) atoms. The minimum atomic E-state index is -0.870. The lowest BCUT2D eigenvalue weighted by atomic mass is 10.2. The molecule has 0 aliphatic rings. The Kier molecular flexibility index (Phi) is 27.5. The summed E-state index contributed by atoms with van der Waals surface area (Å²) in [7, 11) is 0. The third-order valence-electron chi connectivity index (χ3n) is 2.09. The first-order valence-corrected chi connectivity index (χ1v) is 7.11. The second-order valence-electron chi connectivity index (χ2n) is 4.15. The summed E-state index contributed by atoms with van der Waals surface area (Å²) in [6.45, 7) is 4.21. The fourth-order valence-corrected chi connectivity index (χ4v) is 1.05. The third-order valence-corrected chi connectivity index (χ3v) is 2.09. The summed E-state index contributed by atoms with van der Waals surface area (Å²) in [5.41, 5.74) is 0. The third kappa shape index (κ3) is 43.6. The summed E-state index contributed by atoms with van der Waals surface area (Å²) in [4.78, 5) is 19.8. The molecular formula is C14H30O6. The van der Waals surface area contributed by atoms with Crippen LogP contribution in [0, 0.1) is 0 Å². The van der Waals surface area contributed by atoms with Crippen molar-refractivity contribution in [2.75, 3.05) is 13.2 Å². The molecule has 0 bridgehead atoms. The van der Waals surface area contributed by atoms with Crippen LogP contribution in [0.25, 0.3) is 0 Å². The van der Waals surface area contributed by atoms with E-state index in [1.807, 2.05) is 0 Å². The number of rotatable bonds is 9. The lowest BCUT2D eigenvalue weighted by molar-refractivity contribution is -0.139. The van der Waals surface area contributed by atoms with E-state index in [4.69, 9.17) is 20.4 Å². The Labute approximate surface area is 121 Å². The van der Waals surface area contributed by atoms with Crippen LogP contribution < -0.4 is 0 Å². The zero-order valence-electron chi connectivity index (χ0n) is 12.7. The number of aliphatic hydroxyl groups excluding tert-OH is 2. The second kappa shape index (κ2) is 23.0. The normalized spacial score (nSPS) is 8.80. The van der Waals surface area contributed by atoms with E-state index in [0.29, 0.717) is 12.8 Å². The molecule has 0 saturated carbocycles. The number of aliphatic hydroxyl groups is 2. The highest BCUT2D eigenvalue weighted by Crippen LogP contribution is 1.98. The van der Waals surface area contributed by atoms with Crippen LogP contribution in [0.15, 0.2) is 0 Å². The summed E-state index contributed by atoms with van der Waals surface area (Å²) in [6.07, 6.45) is 6.55. The van der Waals surface area contributed by atoms with Crippen LogP contribution in [0.1, 0.15) is 65.2 Å². The number of carboxylic acids is 2. The number of carboxylic acid groups (broad SMARTS) is 2.